The minimum Gasteiger partial charge on any atom is -0.494 e. The Labute approximate surface area is 79.8 Å². The van der Waals surface area contributed by atoms with Gasteiger partial charge in [0.25, 0.3) is 0 Å². The van der Waals surface area contributed by atoms with E-state index in [1.54, 1.807) is 17.4 Å². The van der Waals surface area contributed by atoms with Gasteiger partial charge in [-0.3, -0.25) is 0 Å². The van der Waals surface area contributed by atoms with Crippen LogP contribution in [0.4, 0.5) is 4.39 Å². The first-order valence-electron chi connectivity index (χ1n) is 3.94. The van der Waals surface area contributed by atoms with Crippen LogP contribution in [0.5, 0.6) is 5.75 Å². The summed E-state index contributed by atoms with van der Waals surface area (Å²) in [5, 5.41) is 1.04. The fourth-order valence-electron chi connectivity index (χ4n) is 1.33. The van der Waals surface area contributed by atoms with Crippen molar-refractivity contribution < 1.29 is 9.13 Å². The Balaban J connectivity index is 2.72. The normalized spacial score (nSPS) is 10.7. The first-order valence-corrected chi connectivity index (χ1v) is 4.76. The van der Waals surface area contributed by atoms with Crippen molar-refractivity contribution >= 4 is 21.4 Å². The molecule has 68 valence electrons. The van der Waals surface area contributed by atoms with Crippen LogP contribution in [0, 0.1) is 12.7 Å². The van der Waals surface area contributed by atoms with Crippen LogP contribution in [0.1, 0.15) is 4.88 Å². The lowest BCUT2D eigenvalue weighted by Gasteiger charge is -2.00. The van der Waals surface area contributed by atoms with E-state index in [0.29, 0.717) is 5.75 Å². The number of hydrogen-bond acceptors (Lipinski definition) is 2. The van der Waals surface area contributed by atoms with Gasteiger partial charge in [-0.25, -0.2) is 4.39 Å². The molecule has 0 unspecified atom stereocenters. The third-order valence-electron chi connectivity index (χ3n) is 1.91. The summed E-state index contributed by atoms with van der Waals surface area (Å²) >= 11 is 1.59. The van der Waals surface area contributed by atoms with E-state index in [1.165, 1.54) is 18.1 Å². The first-order chi connectivity index (χ1) is 6.20. The van der Waals surface area contributed by atoms with E-state index < -0.39 is 0 Å². The van der Waals surface area contributed by atoms with Gasteiger partial charge in [0.2, 0.25) is 0 Å². The molecule has 13 heavy (non-hydrogen) atoms. The molecule has 0 aliphatic carbocycles. The standard InChI is InChI=1S/C10H9FOS/c1-6-3-7-4-9(12-2)8(11)5-10(7)13-6/h3-5H,1-2H3. The zero-order valence-corrected chi connectivity index (χ0v) is 8.24. The number of methoxy groups -OCH3 is 1. The predicted octanol–water partition coefficient (Wildman–Crippen LogP) is 3.36. The van der Waals surface area contributed by atoms with Crippen LogP contribution in [-0.4, -0.2) is 7.11 Å². The Kier molecular flexibility index (Phi) is 1.96. The molecule has 0 saturated heterocycles. The number of hydrogen-bond donors (Lipinski definition) is 0. The van der Waals surface area contributed by atoms with Crippen molar-refractivity contribution in [1.82, 2.24) is 0 Å². The number of halogens is 1. The van der Waals surface area contributed by atoms with Crippen LogP contribution in [0.15, 0.2) is 18.2 Å². The van der Waals surface area contributed by atoms with E-state index in [2.05, 4.69) is 0 Å². The van der Waals surface area contributed by atoms with Crippen LogP contribution < -0.4 is 4.74 Å². The van der Waals surface area contributed by atoms with Crippen LogP contribution >= 0.6 is 11.3 Å². The molecule has 0 spiro atoms. The summed E-state index contributed by atoms with van der Waals surface area (Å²) in [4.78, 5) is 1.18. The largest absolute Gasteiger partial charge is 0.494 e. The maximum Gasteiger partial charge on any atom is 0.166 e. The summed E-state index contributed by atoms with van der Waals surface area (Å²) in [5.74, 6) is 0.0159. The Morgan fingerprint density at radius 3 is 2.77 bits per heavy atom. The molecule has 2 aromatic rings. The van der Waals surface area contributed by atoms with Crippen molar-refractivity contribution in [3.05, 3.63) is 28.9 Å². The maximum absolute atomic E-state index is 13.2. The van der Waals surface area contributed by atoms with E-state index in [1.807, 2.05) is 13.0 Å². The predicted molar refractivity (Wildman–Crippen MR) is 53.1 cm³/mol. The molecular weight excluding hydrogens is 187 g/mol. The number of aryl methyl sites for hydroxylation is 1. The maximum atomic E-state index is 13.2. The Morgan fingerprint density at radius 2 is 2.08 bits per heavy atom. The van der Waals surface area contributed by atoms with E-state index in [4.69, 9.17) is 4.74 Å². The van der Waals surface area contributed by atoms with Crippen molar-refractivity contribution in [1.29, 1.82) is 0 Å². The van der Waals surface area contributed by atoms with Crippen LogP contribution in [-0.2, 0) is 0 Å². The average molecular weight is 196 g/mol. The number of thiophene rings is 1. The molecule has 0 amide bonds. The van der Waals surface area contributed by atoms with Crippen LogP contribution in [0.25, 0.3) is 10.1 Å². The molecule has 0 radical (unpaired) electrons. The third-order valence-corrected chi connectivity index (χ3v) is 2.93. The quantitative estimate of drug-likeness (QED) is 0.679. The average Bonchev–Trinajstić information content (AvgIpc) is 2.42. The molecule has 0 N–H and O–H groups in total. The molecular formula is C10H9FOS. The molecule has 2 rings (SSSR count). The summed E-state index contributed by atoms with van der Waals surface area (Å²) in [6.07, 6.45) is 0. The van der Waals surface area contributed by atoms with Crippen molar-refractivity contribution in [2.75, 3.05) is 7.11 Å². The second-order valence-corrected chi connectivity index (χ2v) is 4.17. The molecule has 0 saturated carbocycles. The fourth-order valence-corrected chi connectivity index (χ4v) is 2.26. The number of benzene rings is 1. The van der Waals surface area contributed by atoms with Crippen molar-refractivity contribution in [2.45, 2.75) is 6.92 Å². The zero-order chi connectivity index (χ0) is 9.42. The zero-order valence-electron chi connectivity index (χ0n) is 7.43. The van der Waals surface area contributed by atoms with Crippen molar-refractivity contribution in [3.8, 4) is 5.75 Å². The monoisotopic (exact) mass is 196 g/mol. The van der Waals surface area contributed by atoms with E-state index >= 15 is 0 Å². The van der Waals surface area contributed by atoms with E-state index in [9.17, 15) is 4.39 Å². The van der Waals surface area contributed by atoms with Gasteiger partial charge in [0.1, 0.15) is 0 Å². The molecule has 3 heteroatoms. The van der Waals surface area contributed by atoms with Crippen molar-refractivity contribution in [2.24, 2.45) is 0 Å². The highest BCUT2D eigenvalue weighted by molar-refractivity contribution is 7.19. The van der Waals surface area contributed by atoms with Gasteiger partial charge in [0.05, 0.1) is 7.11 Å². The Hall–Kier alpha value is -1.09. The summed E-state index contributed by atoms with van der Waals surface area (Å²) < 4.78 is 19.1. The Morgan fingerprint density at radius 1 is 1.31 bits per heavy atom. The number of rotatable bonds is 1. The van der Waals surface area contributed by atoms with Gasteiger partial charge in [-0.15, -0.1) is 11.3 Å². The molecule has 1 heterocycles. The second-order valence-electron chi connectivity index (χ2n) is 2.88. The summed E-state index contributed by atoms with van der Waals surface area (Å²) in [6.45, 7) is 2.01. The van der Waals surface area contributed by atoms with Gasteiger partial charge in [0.15, 0.2) is 11.6 Å². The molecule has 0 atom stereocenters. The highest BCUT2D eigenvalue weighted by Crippen LogP contribution is 2.30. The van der Waals surface area contributed by atoms with Gasteiger partial charge in [-0.05, 0) is 30.5 Å². The molecule has 0 bridgehead atoms. The SMILES string of the molecule is COc1cc2cc(C)sc2cc1F. The van der Waals surface area contributed by atoms with Gasteiger partial charge in [0, 0.05) is 9.58 Å². The lowest BCUT2D eigenvalue weighted by molar-refractivity contribution is 0.387. The minimum atomic E-state index is -0.295. The minimum absolute atomic E-state index is 0.295. The lowest BCUT2D eigenvalue weighted by atomic mass is 10.2. The summed E-state index contributed by atoms with van der Waals surface area (Å²) in [7, 11) is 1.48. The molecule has 1 aromatic carbocycles. The van der Waals surface area contributed by atoms with E-state index in [-0.39, 0.29) is 5.82 Å². The van der Waals surface area contributed by atoms with Gasteiger partial charge >= 0.3 is 0 Å². The second kappa shape index (κ2) is 3.00. The van der Waals surface area contributed by atoms with Gasteiger partial charge in [-0.2, -0.15) is 0 Å². The third kappa shape index (κ3) is 1.40. The summed E-state index contributed by atoms with van der Waals surface area (Å²) in [6, 6.07) is 5.28. The molecule has 0 fully saturated rings. The lowest BCUT2D eigenvalue weighted by Crippen LogP contribution is -1.86. The highest BCUT2D eigenvalue weighted by atomic mass is 32.1. The summed E-state index contributed by atoms with van der Waals surface area (Å²) in [5.41, 5.74) is 0. The Bertz CT molecular complexity index is 447. The molecule has 1 aromatic heterocycles. The van der Waals surface area contributed by atoms with Gasteiger partial charge < -0.3 is 4.74 Å². The van der Waals surface area contributed by atoms with E-state index in [0.717, 1.165) is 10.1 Å². The van der Waals surface area contributed by atoms with Crippen LogP contribution in [0.2, 0.25) is 0 Å². The number of fused-ring (bicyclic) bond motifs is 1. The fraction of sp³-hybridized carbons (Fsp3) is 0.200. The van der Waals surface area contributed by atoms with Gasteiger partial charge in [-0.1, -0.05) is 0 Å². The highest BCUT2D eigenvalue weighted by Gasteiger charge is 2.06. The molecule has 1 nitrogen and oxygen atoms in total. The smallest absolute Gasteiger partial charge is 0.166 e. The first kappa shape index (κ1) is 8.51. The molecule has 0 aliphatic rings. The number of ether oxygens (including phenoxy) is 1. The van der Waals surface area contributed by atoms with Crippen molar-refractivity contribution in [3.63, 3.8) is 0 Å². The topological polar surface area (TPSA) is 9.23 Å². The van der Waals surface area contributed by atoms with Crippen LogP contribution in [0.3, 0.4) is 0 Å². The molecule has 0 aliphatic heterocycles.